The average Bonchev–Trinajstić information content (AvgIpc) is 2.86. The Bertz CT molecular complexity index is 1080. The molecule has 0 aromatic heterocycles. The maximum absolute atomic E-state index is 13.8. The van der Waals surface area contributed by atoms with Crippen LogP contribution in [-0.4, -0.2) is 39.4 Å². The first-order valence-corrected chi connectivity index (χ1v) is 13.2. The van der Waals surface area contributed by atoms with Gasteiger partial charge in [-0.3, -0.25) is 4.31 Å². The van der Waals surface area contributed by atoms with Crippen LogP contribution in [0, 0.1) is 5.92 Å². The Hall–Kier alpha value is -2.35. The quantitative estimate of drug-likeness (QED) is 0.605. The number of anilines is 1. The maximum atomic E-state index is 13.8. The van der Waals surface area contributed by atoms with Crippen LogP contribution in [0.2, 0.25) is 0 Å². The summed E-state index contributed by atoms with van der Waals surface area (Å²) in [5.74, 6) is 0.769. The molecule has 1 saturated heterocycles. The van der Waals surface area contributed by atoms with Crippen molar-refractivity contribution in [2.24, 2.45) is 5.92 Å². The molecule has 2 unspecified atom stereocenters. The van der Waals surface area contributed by atoms with E-state index in [-0.39, 0.29) is 11.6 Å². The Kier molecular flexibility index (Phi) is 7.41. The Morgan fingerprint density at radius 1 is 1.21 bits per heavy atom. The molecule has 0 radical (unpaired) electrons. The third-order valence-electron chi connectivity index (χ3n) is 6.68. The lowest BCUT2D eigenvalue weighted by atomic mass is 9.95. The molecule has 2 aromatic rings. The van der Waals surface area contributed by atoms with Gasteiger partial charge in [0.05, 0.1) is 12.3 Å². The van der Waals surface area contributed by atoms with E-state index in [4.69, 9.17) is 9.47 Å². The van der Waals surface area contributed by atoms with E-state index in [1.807, 2.05) is 25.1 Å². The highest BCUT2D eigenvalue weighted by atomic mass is 32.2. The van der Waals surface area contributed by atoms with Gasteiger partial charge in [0.25, 0.3) is 10.0 Å². The Morgan fingerprint density at radius 2 is 1.97 bits per heavy atom. The van der Waals surface area contributed by atoms with Crippen molar-refractivity contribution in [3.8, 4) is 5.75 Å². The molecule has 2 atom stereocenters. The van der Waals surface area contributed by atoms with Crippen molar-refractivity contribution in [2.75, 3.05) is 24.1 Å². The second-order valence-electron chi connectivity index (χ2n) is 8.79. The molecule has 2 aromatic carbocycles. The molecule has 33 heavy (non-hydrogen) atoms. The van der Waals surface area contributed by atoms with Crippen molar-refractivity contribution in [2.45, 2.75) is 50.5 Å². The van der Waals surface area contributed by atoms with Crippen LogP contribution < -0.4 is 9.04 Å². The van der Waals surface area contributed by atoms with Gasteiger partial charge < -0.3 is 14.6 Å². The molecule has 0 spiro atoms. The molecule has 2 aliphatic heterocycles. The lowest BCUT2D eigenvalue weighted by molar-refractivity contribution is 0.0493. The molecular weight excluding hydrogens is 438 g/mol. The molecule has 1 fully saturated rings. The maximum Gasteiger partial charge on any atom is 0.266 e. The van der Waals surface area contributed by atoms with Crippen LogP contribution in [0.15, 0.2) is 49.0 Å². The first-order valence-electron chi connectivity index (χ1n) is 11.7. The molecule has 0 bridgehead atoms. The van der Waals surface area contributed by atoms with E-state index in [9.17, 15) is 13.5 Å². The number of aliphatic hydroxyl groups excluding tert-OH is 1. The van der Waals surface area contributed by atoms with E-state index in [1.54, 1.807) is 30.3 Å². The number of ether oxygens (including phenoxy) is 2. The van der Waals surface area contributed by atoms with Gasteiger partial charge in [-0.2, -0.15) is 0 Å². The Morgan fingerprint density at radius 3 is 2.70 bits per heavy atom. The predicted molar refractivity (Wildman–Crippen MR) is 131 cm³/mol. The Labute approximate surface area is 196 Å². The number of hydrogen-bond acceptors (Lipinski definition) is 5. The lowest BCUT2D eigenvalue weighted by Gasteiger charge is -2.39. The number of hydrogen-bond donors (Lipinski definition) is 1. The summed E-state index contributed by atoms with van der Waals surface area (Å²) in [4.78, 5) is 0. The van der Waals surface area contributed by atoms with Crippen molar-refractivity contribution < 1.29 is 23.0 Å². The smallest absolute Gasteiger partial charge is 0.266 e. The second kappa shape index (κ2) is 10.3. The van der Waals surface area contributed by atoms with Gasteiger partial charge in [0.1, 0.15) is 5.75 Å². The van der Waals surface area contributed by atoms with Crippen LogP contribution in [0.25, 0.3) is 6.08 Å². The Balaban J connectivity index is 1.64. The zero-order chi connectivity index (χ0) is 23.4. The minimum atomic E-state index is -4.11. The summed E-state index contributed by atoms with van der Waals surface area (Å²) in [7, 11) is -4.11. The van der Waals surface area contributed by atoms with Crippen molar-refractivity contribution in [3.63, 3.8) is 0 Å². The molecule has 2 aliphatic rings. The minimum absolute atomic E-state index is 0.206. The van der Waals surface area contributed by atoms with Crippen LogP contribution in [0.5, 0.6) is 5.75 Å². The molecular formula is C26H33NO5S. The number of fused-ring (bicyclic) bond motifs is 1. The van der Waals surface area contributed by atoms with E-state index in [1.165, 1.54) is 4.31 Å². The van der Waals surface area contributed by atoms with E-state index >= 15 is 0 Å². The van der Waals surface area contributed by atoms with Crippen LogP contribution in [0.4, 0.5) is 5.69 Å². The fourth-order valence-electron chi connectivity index (χ4n) is 4.70. The van der Waals surface area contributed by atoms with Gasteiger partial charge in [-0.25, -0.2) is 8.42 Å². The zero-order valence-corrected chi connectivity index (χ0v) is 20.0. The summed E-state index contributed by atoms with van der Waals surface area (Å²) >= 11 is 0. The van der Waals surface area contributed by atoms with E-state index in [0.29, 0.717) is 50.0 Å². The van der Waals surface area contributed by atoms with Gasteiger partial charge in [-0.1, -0.05) is 43.8 Å². The standard InChI is InChI=1S/C26H33NO5S/c1-3-19-9-12-24-21(17-19)10-11-22(4-2)27(24)33(29,30)26(28)23-7-5-6-8-25(23)32-18-20-13-15-31-16-14-20/h3,5-9,12,17,20,22,26,28H,1,4,10-11,13-16,18H2,2H3. The first-order chi connectivity index (χ1) is 16.0. The molecule has 1 N–H and O–H groups in total. The number of rotatable bonds is 8. The second-order valence-corrected chi connectivity index (χ2v) is 10.7. The number of aryl methyl sites for hydroxylation is 1. The third kappa shape index (κ3) is 4.95. The summed E-state index contributed by atoms with van der Waals surface area (Å²) < 4.78 is 40.5. The summed E-state index contributed by atoms with van der Waals surface area (Å²) in [5, 5.41) is 11.2. The van der Waals surface area contributed by atoms with Gasteiger partial charge >= 0.3 is 0 Å². The SMILES string of the molecule is C=Cc1ccc2c(c1)CCC(CC)N2S(=O)(=O)C(O)c1ccccc1OCC1CCOCC1. The minimum Gasteiger partial charge on any atom is -0.493 e. The topological polar surface area (TPSA) is 76.1 Å². The molecule has 0 aliphatic carbocycles. The van der Waals surface area contributed by atoms with Gasteiger partial charge in [-0.15, -0.1) is 0 Å². The highest BCUT2D eigenvalue weighted by Crippen LogP contribution is 2.40. The largest absolute Gasteiger partial charge is 0.493 e. The zero-order valence-electron chi connectivity index (χ0n) is 19.2. The molecule has 2 heterocycles. The van der Waals surface area contributed by atoms with E-state index < -0.39 is 15.5 Å². The first kappa shape index (κ1) is 23.8. The fourth-order valence-corrected chi connectivity index (χ4v) is 6.56. The molecule has 6 nitrogen and oxygen atoms in total. The van der Waals surface area contributed by atoms with Crippen LogP contribution in [-0.2, 0) is 21.2 Å². The van der Waals surface area contributed by atoms with Gasteiger partial charge in [0.15, 0.2) is 0 Å². The summed E-state index contributed by atoms with van der Waals surface area (Å²) in [6, 6.07) is 12.3. The molecule has 4 rings (SSSR count). The number of aliphatic hydroxyl groups is 1. The van der Waals surface area contributed by atoms with E-state index in [2.05, 4.69) is 6.58 Å². The fraction of sp³-hybridized carbons (Fsp3) is 0.462. The highest BCUT2D eigenvalue weighted by Gasteiger charge is 2.40. The van der Waals surface area contributed by atoms with Crippen molar-refractivity contribution in [1.29, 1.82) is 0 Å². The van der Waals surface area contributed by atoms with Gasteiger partial charge in [-0.05, 0) is 67.3 Å². The number of benzene rings is 2. The normalized spacial score (nSPS) is 20.2. The number of para-hydroxylation sites is 1. The molecule has 0 amide bonds. The summed E-state index contributed by atoms with van der Waals surface area (Å²) in [6.45, 7) is 7.70. The van der Waals surface area contributed by atoms with Crippen molar-refractivity contribution in [1.82, 2.24) is 0 Å². The third-order valence-corrected chi connectivity index (χ3v) is 8.54. The predicted octanol–water partition coefficient (Wildman–Crippen LogP) is 4.69. The van der Waals surface area contributed by atoms with Crippen LogP contribution in [0.1, 0.15) is 54.7 Å². The van der Waals surface area contributed by atoms with E-state index in [0.717, 1.165) is 30.4 Å². The average molecular weight is 472 g/mol. The van der Waals surface area contributed by atoms with Crippen LogP contribution >= 0.6 is 0 Å². The van der Waals surface area contributed by atoms with Gasteiger partial charge in [0, 0.05) is 24.8 Å². The van der Waals surface area contributed by atoms with Crippen LogP contribution in [0.3, 0.4) is 0 Å². The highest BCUT2D eigenvalue weighted by molar-refractivity contribution is 7.92. The monoisotopic (exact) mass is 471 g/mol. The lowest BCUT2D eigenvalue weighted by Crippen LogP contribution is -2.45. The summed E-state index contributed by atoms with van der Waals surface area (Å²) in [6.07, 6.45) is 5.75. The molecule has 7 heteroatoms. The van der Waals surface area contributed by atoms with Gasteiger partial charge in [0.2, 0.25) is 5.44 Å². The number of nitrogens with zero attached hydrogens (tertiary/aromatic N) is 1. The number of sulfonamides is 1. The van der Waals surface area contributed by atoms with Crippen molar-refractivity contribution in [3.05, 3.63) is 65.7 Å². The summed E-state index contributed by atoms with van der Waals surface area (Å²) in [5.41, 5.74) is 1.10. The molecule has 178 valence electrons. The van der Waals surface area contributed by atoms with Crippen molar-refractivity contribution >= 4 is 21.8 Å². The molecule has 0 saturated carbocycles.